The largest absolute Gasteiger partial charge is 0.483 e. The number of hydrogen-bond acceptors (Lipinski definition) is 4. The lowest BCUT2D eigenvalue weighted by Crippen LogP contribution is -2.45. The summed E-state index contributed by atoms with van der Waals surface area (Å²) in [4.78, 5) is 14.1. The summed E-state index contributed by atoms with van der Waals surface area (Å²) in [5.74, 6) is -0.173. The maximum absolute atomic E-state index is 14.7. The van der Waals surface area contributed by atoms with Gasteiger partial charge in [-0.25, -0.2) is 9.82 Å². The molecular weight excluding hydrogens is 496 g/mol. The fourth-order valence-electron chi connectivity index (χ4n) is 3.70. The molecule has 0 bridgehead atoms. The minimum atomic E-state index is -0.417. The molecule has 1 heterocycles. The molecule has 0 saturated carbocycles. The number of carbonyl (C=O) groups is 1. The Morgan fingerprint density at radius 2 is 2.07 bits per heavy atom. The maximum Gasteiger partial charge on any atom is 0.277 e. The zero-order valence-corrected chi connectivity index (χ0v) is 19.7. The molecular formula is C23H25FIN3O2. The van der Waals surface area contributed by atoms with Crippen LogP contribution in [-0.2, 0) is 4.79 Å². The number of likely N-dealkylation sites (N-methyl/N-ethyl adjacent to an activating group) is 1. The summed E-state index contributed by atoms with van der Waals surface area (Å²) in [6.45, 7) is 8.91. The molecule has 0 aromatic heterocycles. The molecule has 0 fully saturated rings. The van der Waals surface area contributed by atoms with Gasteiger partial charge >= 0.3 is 0 Å². The van der Waals surface area contributed by atoms with E-state index in [4.69, 9.17) is 4.74 Å². The lowest BCUT2D eigenvalue weighted by atomic mass is 9.88. The second-order valence-electron chi connectivity index (χ2n) is 7.63. The minimum Gasteiger partial charge on any atom is -0.483 e. The zero-order valence-electron chi connectivity index (χ0n) is 17.5. The Bertz CT molecular complexity index is 1020. The number of carbonyl (C=O) groups excluding carboxylic acids is 1. The second-order valence-corrected chi connectivity index (χ2v) is 8.79. The van der Waals surface area contributed by atoms with Gasteiger partial charge < -0.3 is 9.64 Å². The van der Waals surface area contributed by atoms with E-state index >= 15 is 0 Å². The Morgan fingerprint density at radius 3 is 2.77 bits per heavy atom. The van der Waals surface area contributed by atoms with Crippen LogP contribution >= 0.6 is 22.6 Å². The summed E-state index contributed by atoms with van der Waals surface area (Å²) in [5.41, 5.74) is 5.44. The van der Waals surface area contributed by atoms with Crippen molar-refractivity contribution < 1.29 is 13.9 Å². The molecule has 5 nitrogen and oxygen atoms in total. The Kier molecular flexibility index (Phi) is 6.80. The quantitative estimate of drug-likeness (QED) is 0.332. The van der Waals surface area contributed by atoms with Crippen LogP contribution in [0.15, 0.2) is 47.6 Å². The van der Waals surface area contributed by atoms with Crippen LogP contribution in [0.2, 0.25) is 0 Å². The van der Waals surface area contributed by atoms with Gasteiger partial charge in [0.2, 0.25) is 0 Å². The smallest absolute Gasteiger partial charge is 0.277 e. The van der Waals surface area contributed by atoms with Crippen molar-refractivity contribution in [2.45, 2.75) is 33.2 Å². The van der Waals surface area contributed by atoms with Crippen molar-refractivity contribution in [3.63, 3.8) is 0 Å². The highest BCUT2D eigenvalue weighted by atomic mass is 127. The molecule has 0 unspecified atom stereocenters. The average Bonchev–Trinajstić information content (AvgIpc) is 2.68. The van der Waals surface area contributed by atoms with Gasteiger partial charge in [-0.05, 0) is 80.1 Å². The monoisotopic (exact) mass is 521 g/mol. The highest BCUT2D eigenvalue weighted by molar-refractivity contribution is 14.1. The van der Waals surface area contributed by atoms with Crippen molar-refractivity contribution in [2.24, 2.45) is 5.10 Å². The highest BCUT2D eigenvalue weighted by Gasteiger charge is 2.30. The molecule has 0 aliphatic carbocycles. The molecule has 1 aliphatic heterocycles. The molecule has 0 saturated heterocycles. The number of benzene rings is 2. The van der Waals surface area contributed by atoms with Gasteiger partial charge in [0, 0.05) is 23.4 Å². The van der Waals surface area contributed by atoms with E-state index in [1.165, 1.54) is 6.21 Å². The summed E-state index contributed by atoms with van der Waals surface area (Å²) in [7, 11) is 0. The number of nitrogens with zero attached hydrogens (tertiary/aromatic N) is 2. The van der Waals surface area contributed by atoms with E-state index < -0.39 is 5.91 Å². The summed E-state index contributed by atoms with van der Waals surface area (Å²) in [5, 5.41) is 3.90. The van der Waals surface area contributed by atoms with E-state index in [1.54, 1.807) is 18.2 Å². The standard InChI is InChI=1S/C23H25FIN3O2/c1-5-28-20-11-18(24)16(10-17(20)15(2)12-23(28,3)4)13-26-27-22(29)14-30-21-9-7-6-8-19(21)25/h6-13H,5,14H2,1-4H3,(H,27,29)/b26-13+. The number of ether oxygens (including phenoxy) is 1. The molecule has 158 valence electrons. The van der Waals surface area contributed by atoms with Crippen LogP contribution in [0.25, 0.3) is 5.57 Å². The maximum atomic E-state index is 14.7. The van der Waals surface area contributed by atoms with Gasteiger partial charge in [-0.1, -0.05) is 18.2 Å². The van der Waals surface area contributed by atoms with Gasteiger partial charge in [0.05, 0.1) is 15.3 Å². The summed E-state index contributed by atoms with van der Waals surface area (Å²) >= 11 is 2.14. The highest BCUT2D eigenvalue weighted by Crippen LogP contribution is 2.39. The number of amides is 1. The molecule has 2 aromatic carbocycles. The molecule has 0 spiro atoms. The molecule has 7 heteroatoms. The fraction of sp³-hybridized carbons (Fsp3) is 0.304. The third-order valence-corrected chi connectivity index (χ3v) is 5.89. The van der Waals surface area contributed by atoms with Crippen molar-refractivity contribution in [1.29, 1.82) is 0 Å². The number of nitrogens with one attached hydrogen (secondary N) is 1. The lowest BCUT2D eigenvalue weighted by molar-refractivity contribution is -0.123. The molecule has 2 aromatic rings. The predicted molar refractivity (Wildman–Crippen MR) is 128 cm³/mol. The third kappa shape index (κ3) is 4.83. The average molecular weight is 521 g/mol. The SMILES string of the molecule is CCN1c2cc(F)c(/C=N/NC(=O)COc3ccccc3I)cc2C(C)=CC1(C)C. The van der Waals surface area contributed by atoms with E-state index in [0.717, 1.165) is 26.9 Å². The zero-order chi connectivity index (χ0) is 21.9. The number of allylic oxidation sites excluding steroid dienone is 1. The number of para-hydroxylation sites is 1. The van der Waals surface area contributed by atoms with Crippen LogP contribution in [0, 0.1) is 9.39 Å². The normalized spacial score (nSPS) is 15.0. The van der Waals surface area contributed by atoms with Crippen LogP contribution in [0.1, 0.15) is 38.8 Å². The molecule has 3 rings (SSSR count). The first-order chi connectivity index (χ1) is 14.2. The van der Waals surface area contributed by atoms with Crippen molar-refractivity contribution in [3.8, 4) is 5.75 Å². The number of hydrazone groups is 1. The summed E-state index contributed by atoms with van der Waals surface area (Å²) < 4.78 is 21.1. The Morgan fingerprint density at radius 1 is 1.33 bits per heavy atom. The first-order valence-corrected chi connectivity index (χ1v) is 10.8. The Hall–Kier alpha value is -2.42. The van der Waals surface area contributed by atoms with Gasteiger partial charge in [0.25, 0.3) is 5.91 Å². The predicted octanol–water partition coefficient (Wildman–Crippen LogP) is 4.98. The molecule has 1 amide bonds. The Labute approximate surface area is 190 Å². The Balaban J connectivity index is 1.70. The summed E-state index contributed by atoms with van der Waals surface area (Å²) in [6, 6.07) is 10.7. The van der Waals surface area contributed by atoms with Crippen molar-refractivity contribution in [3.05, 3.63) is 63.0 Å². The molecule has 1 aliphatic rings. The fourth-order valence-corrected chi connectivity index (χ4v) is 4.25. The van der Waals surface area contributed by atoms with Crippen molar-refractivity contribution in [2.75, 3.05) is 18.1 Å². The van der Waals surface area contributed by atoms with E-state index in [9.17, 15) is 9.18 Å². The molecule has 30 heavy (non-hydrogen) atoms. The molecule has 0 atom stereocenters. The first kappa shape index (κ1) is 22.3. The number of rotatable bonds is 6. The number of fused-ring (bicyclic) bond motifs is 1. The van der Waals surface area contributed by atoms with Crippen molar-refractivity contribution in [1.82, 2.24) is 5.43 Å². The van der Waals surface area contributed by atoms with Crippen LogP contribution in [-0.4, -0.2) is 30.8 Å². The van der Waals surface area contributed by atoms with E-state index in [-0.39, 0.29) is 18.0 Å². The van der Waals surface area contributed by atoms with Crippen LogP contribution in [0.4, 0.5) is 10.1 Å². The summed E-state index contributed by atoms with van der Waals surface area (Å²) in [6.07, 6.45) is 3.50. The van der Waals surface area contributed by atoms with E-state index in [1.807, 2.05) is 25.1 Å². The topological polar surface area (TPSA) is 53.9 Å². The van der Waals surface area contributed by atoms with Crippen LogP contribution in [0.3, 0.4) is 0 Å². The van der Waals surface area contributed by atoms with Gasteiger partial charge in [0.15, 0.2) is 6.61 Å². The van der Waals surface area contributed by atoms with Crippen molar-refractivity contribution >= 4 is 46.0 Å². The number of halogens is 2. The van der Waals surface area contributed by atoms with E-state index in [2.05, 4.69) is 64.9 Å². The minimum absolute atomic E-state index is 0.174. The second kappa shape index (κ2) is 9.16. The van der Waals surface area contributed by atoms with Gasteiger partial charge in [-0.3, -0.25) is 4.79 Å². The van der Waals surface area contributed by atoms with Crippen LogP contribution < -0.4 is 15.1 Å². The third-order valence-electron chi connectivity index (χ3n) is 5.00. The molecule has 1 N–H and O–H groups in total. The van der Waals surface area contributed by atoms with Gasteiger partial charge in [-0.2, -0.15) is 5.10 Å². The van der Waals surface area contributed by atoms with Gasteiger partial charge in [0.1, 0.15) is 11.6 Å². The first-order valence-electron chi connectivity index (χ1n) is 9.73. The lowest BCUT2D eigenvalue weighted by Gasteiger charge is -2.42. The van der Waals surface area contributed by atoms with E-state index in [0.29, 0.717) is 11.3 Å². The number of hydrogen-bond donors (Lipinski definition) is 1. The van der Waals surface area contributed by atoms with Gasteiger partial charge in [-0.15, -0.1) is 0 Å². The van der Waals surface area contributed by atoms with Crippen LogP contribution in [0.5, 0.6) is 5.75 Å². The molecule has 0 radical (unpaired) electrons. The number of anilines is 1.